The van der Waals surface area contributed by atoms with Crippen molar-refractivity contribution < 1.29 is 19.5 Å². The number of carbonyl (C=O) groups is 3. The number of hydrogen-bond acceptors (Lipinski definition) is 6. The summed E-state index contributed by atoms with van der Waals surface area (Å²) in [6.07, 6.45) is 0.383. The molecule has 2 amide bonds. The predicted octanol–water partition coefficient (Wildman–Crippen LogP) is 0.0116. The average Bonchev–Trinajstić information content (AvgIpc) is 2.75. The van der Waals surface area contributed by atoms with E-state index in [4.69, 9.17) is 5.11 Å². The van der Waals surface area contributed by atoms with E-state index in [9.17, 15) is 14.4 Å². The molecule has 2 heterocycles. The minimum atomic E-state index is -0.962. The van der Waals surface area contributed by atoms with Crippen LogP contribution in [0.4, 0.5) is 5.13 Å². The topological polar surface area (TPSA) is 99.6 Å². The van der Waals surface area contributed by atoms with Crippen molar-refractivity contribution in [1.29, 1.82) is 0 Å². The number of hydrogen-bond donors (Lipinski definition) is 2. The molecule has 1 aliphatic heterocycles. The molecule has 0 radical (unpaired) electrons. The van der Waals surface area contributed by atoms with Crippen LogP contribution >= 0.6 is 11.3 Å². The lowest BCUT2D eigenvalue weighted by molar-refractivity contribution is -0.136. The summed E-state index contributed by atoms with van der Waals surface area (Å²) < 4.78 is 0. The molecule has 1 unspecified atom stereocenters. The van der Waals surface area contributed by atoms with E-state index >= 15 is 0 Å². The molecule has 0 aliphatic carbocycles. The number of nitrogens with zero attached hydrogens (tertiary/aromatic N) is 2. The van der Waals surface area contributed by atoms with E-state index in [0.717, 1.165) is 0 Å². The number of aromatic nitrogens is 1. The first-order valence-electron chi connectivity index (χ1n) is 5.77. The van der Waals surface area contributed by atoms with Crippen LogP contribution in [0.15, 0.2) is 5.38 Å². The molecule has 0 spiro atoms. The van der Waals surface area contributed by atoms with Crippen LogP contribution in [0.5, 0.6) is 0 Å². The van der Waals surface area contributed by atoms with Gasteiger partial charge in [-0.1, -0.05) is 6.92 Å². The Morgan fingerprint density at radius 3 is 3.00 bits per heavy atom. The van der Waals surface area contributed by atoms with Crippen molar-refractivity contribution in [3.63, 3.8) is 0 Å². The fraction of sp³-hybridized carbons (Fsp3) is 0.455. The number of carbonyl (C=O) groups excluding carboxylic acids is 2. The van der Waals surface area contributed by atoms with Gasteiger partial charge < -0.3 is 10.0 Å². The Bertz CT molecular complexity index is 528. The molecule has 0 bridgehead atoms. The molecule has 1 atom stereocenters. The van der Waals surface area contributed by atoms with E-state index in [0.29, 0.717) is 17.2 Å². The van der Waals surface area contributed by atoms with Crippen molar-refractivity contribution in [3.8, 4) is 0 Å². The summed E-state index contributed by atoms with van der Waals surface area (Å²) in [7, 11) is 0. The van der Waals surface area contributed by atoms with E-state index < -0.39 is 12.0 Å². The molecule has 1 aromatic heterocycles. The third-order valence-corrected chi connectivity index (χ3v) is 3.69. The van der Waals surface area contributed by atoms with Gasteiger partial charge in [0.2, 0.25) is 11.8 Å². The van der Waals surface area contributed by atoms with Gasteiger partial charge in [0.15, 0.2) is 5.13 Å². The van der Waals surface area contributed by atoms with Crippen LogP contribution in [0, 0.1) is 0 Å². The molecule has 7 nitrogen and oxygen atoms in total. The first-order chi connectivity index (χ1) is 9.01. The fourth-order valence-electron chi connectivity index (χ4n) is 1.94. The maximum Gasteiger partial charge on any atom is 0.309 e. The first-order valence-corrected chi connectivity index (χ1v) is 6.65. The number of nitrogens with one attached hydrogen (secondary N) is 1. The summed E-state index contributed by atoms with van der Waals surface area (Å²) in [5.74, 6) is -1.67. The molecule has 2 N–H and O–H groups in total. The zero-order chi connectivity index (χ0) is 14.0. The zero-order valence-electron chi connectivity index (χ0n) is 10.3. The van der Waals surface area contributed by atoms with Crippen LogP contribution in [-0.2, 0) is 20.8 Å². The van der Waals surface area contributed by atoms with Crippen LogP contribution in [0.3, 0.4) is 0 Å². The highest BCUT2D eigenvalue weighted by atomic mass is 32.1. The van der Waals surface area contributed by atoms with Crippen molar-refractivity contribution in [2.45, 2.75) is 25.8 Å². The van der Waals surface area contributed by atoms with E-state index in [-0.39, 0.29) is 24.8 Å². The van der Waals surface area contributed by atoms with Crippen molar-refractivity contribution in [2.24, 2.45) is 0 Å². The molecule has 8 heteroatoms. The van der Waals surface area contributed by atoms with Gasteiger partial charge >= 0.3 is 5.97 Å². The van der Waals surface area contributed by atoms with Gasteiger partial charge in [-0.25, -0.2) is 4.98 Å². The average molecular weight is 283 g/mol. The Balaban J connectivity index is 2.22. The smallest absolute Gasteiger partial charge is 0.309 e. The Morgan fingerprint density at radius 2 is 2.37 bits per heavy atom. The van der Waals surface area contributed by atoms with Gasteiger partial charge in [0, 0.05) is 5.38 Å². The van der Waals surface area contributed by atoms with E-state index in [2.05, 4.69) is 10.3 Å². The largest absolute Gasteiger partial charge is 0.481 e. The highest BCUT2D eigenvalue weighted by Gasteiger charge is 2.34. The zero-order valence-corrected chi connectivity index (χ0v) is 11.1. The van der Waals surface area contributed by atoms with Gasteiger partial charge in [0.1, 0.15) is 12.6 Å². The lowest BCUT2D eigenvalue weighted by Crippen LogP contribution is -2.58. The number of carboxylic acids is 1. The second-order valence-corrected chi connectivity index (χ2v) is 4.99. The molecule has 1 saturated heterocycles. The first kappa shape index (κ1) is 13.5. The quantitative estimate of drug-likeness (QED) is 0.755. The maximum absolute atomic E-state index is 11.7. The molecular weight excluding hydrogens is 270 g/mol. The summed E-state index contributed by atoms with van der Waals surface area (Å²) in [5, 5.41) is 13.1. The second-order valence-electron chi connectivity index (χ2n) is 4.16. The number of imide groups is 1. The number of piperazine rings is 1. The van der Waals surface area contributed by atoms with Gasteiger partial charge in [-0.2, -0.15) is 0 Å². The summed E-state index contributed by atoms with van der Waals surface area (Å²) in [4.78, 5) is 39.5. The van der Waals surface area contributed by atoms with Crippen molar-refractivity contribution >= 4 is 34.3 Å². The number of anilines is 1. The molecule has 19 heavy (non-hydrogen) atoms. The van der Waals surface area contributed by atoms with E-state index in [1.54, 1.807) is 10.3 Å². The lowest BCUT2D eigenvalue weighted by atomic mass is 10.1. The number of thiazole rings is 1. The molecular formula is C11H13N3O4S. The Labute approximate surface area is 113 Å². The predicted molar refractivity (Wildman–Crippen MR) is 68.0 cm³/mol. The van der Waals surface area contributed by atoms with Crippen LogP contribution in [0.1, 0.15) is 19.0 Å². The molecule has 2 rings (SSSR count). The maximum atomic E-state index is 11.7. The summed E-state index contributed by atoms with van der Waals surface area (Å²) >= 11 is 1.24. The lowest BCUT2D eigenvalue weighted by Gasteiger charge is -2.32. The van der Waals surface area contributed by atoms with Crippen molar-refractivity contribution in [2.75, 3.05) is 11.4 Å². The van der Waals surface area contributed by atoms with Crippen molar-refractivity contribution in [3.05, 3.63) is 11.1 Å². The Kier molecular flexibility index (Phi) is 3.79. The number of carboxylic acid groups (broad SMARTS) is 1. The van der Waals surface area contributed by atoms with Crippen LogP contribution in [0.2, 0.25) is 0 Å². The monoisotopic (exact) mass is 283 g/mol. The van der Waals surface area contributed by atoms with Gasteiger partial charge in [-0.15, -0.1) is 11.3 Å². The van der Waals surface area contributed by atoms with E-state index in [1.807, 2.05) is 6.92 Å². The minimum Gasteiger partial charge on any atom is -0.481 e. The summed E-state index contributed by atoms with van der Waals surface area (Å²) in [6, 6.07) is -0.443. The Hall–Kier alpha value is -1.96. The third-order valence-electron chi connectivity index (χ3n) is 2.76. The highest BCUT2D eigenvalue weighted by Crippen LogP contribution is 2.25. The molecule has 0 aromatic carbocycles. The van der Waals surface area contributed by atoms with Gasteiger partial charge in [0.05, 0.1) is 12.1 Å². The number of rotatable bonds is 4. The highest BCUT2D eigenvalue weighted by molar-refractivity contribution is 7.13. The van der Waals surface area contributed by atoms with Gasteiger partial charge in [0.25, 0.3) is 0 Å². The normalized spacial score (nSPS) is 19.4. The summed E-state index contributed by atoms with van der Waals surface area (Å²) in [6.45, 7) is 1.91. The van der Waals surface area contributed by atoms with Crippen LogP contribution in [-0.4, -0.2) is 40.5 Å². The molecule has 0 saturated carbocycles. The SMILES string of the molecule is CCC1C(=O)NC(=O)CN1c1nc(CC(=O)O)cs1. The molecule has 102 valence electrons. The summed E-state index contributed by atoms with van der Waals surface area (Å²) in [5.41, 5.74) is 0.431. The van der Waals surface area contributed by atoms with Gasteiger partial charge in [-0.05, 0) is 6.42 Å². The molecule has 1 aromatic rings. The number of aliphatic carboxylic acids is 1. The van der Waals surface area contributed by atoms with E-state index in [1.165, 1.54) is 11.3 Å². The van der Waals surface area contributed by atoms with Crippen molar-refractivity contribution in [1.82, 2.24) is 10.3 Å². The standard InChI is InChI=1S/C11H13N3O4S/c1-2-7-10(18)13-8(15)4-14(7)11-12-6(5-19-11)3-9(16)17/h5,7H,2-4H2,1H3,(H,16,17)(H,13,15,18). The van der Waals surface area contributed by atoms with Crippen LogP contribution in [0.25, 0.3) is 0 Å². The minimum absolute atomic E-state index is 0.0598. The Morgan fingerprint density at radius 1 is 1.63 bits per heavy atom. The molecule has 1 fully saturated rings. The second kappa shape index (κ2) is 5.35. The number of amides is 2. The molecule has 1 aliphatic rings. The van der Waals surface area contributed by atoms with Gasteiger partial charge in [-0.3, -0.25) is 19.7 Å². The fourth-order valence-corrected chi connectivity index (χ4v) is 2.81. The third kappa shape index (κ3) is 2.90. The van der Waals surface area contributed by atoms with Crippen LogP contribution < -0.4 is 10.2 Å².